The van der Waals surface area contributed by atoms with Crippen molar-refractivity contribution in [2.24, 2.45) is 35.5 Å². The van der Waals surface area contributed by atoms with Gasteiger partial charge in [-0.2, -0.15) is 4.39 Å². The van der Waals surface area contributed by atoms with Crippen molar-refractivity contribution in [2.45, 2.75) is 97.8 Å². The van der Waals surface area contributed by atoms with E-state index in [4.69, 9.17) is 66.8 Å². The second-order valence-electron chi connectivity index (χ2n) is 34.2. The van der Waals surface area contributed by atoms with Crippen molar-refractivity contribution in [1.29, 1.82) is 0 Å². The molecule has 4 atom stereocenters. The second kappa shape index (κ2) is 41.2. The molecule has 2 saturated carbocycles. The van der Waals surface area contributed by atoms with Gasteiger partial charge in [-0.05, 0) is 167 Å². The SMILES string of the molecule is [C-]#[N+]c1ccc(-c2nc(N3CCC(C)CC3)c(Cl)c(=O)n2-c2ccc(OC)c(F)c2)cc1F.[C-]#[N+]c1ccc(-c2nc(N3CCC(C)CC3)c(F)c(=O)n2-c2ccc(OC)c(F)c2)cc1F.[C-]#[N+]c1ccc(-c2nc(N3CCC4CCCC4C3)c(C)c(=O)n2-c2ccc(OC)c(F)c2)cc1F.[C-]#[N+]c1ccc(-c2nc(N3CCC4CCCC4C3)cc(=O)n2-c2ccc(OC)c(F)c2)cc1F. The molecule has 8 aromatic carbocycles. The third-order valence-corrected chi connectivity index (χ3v) is 26.3. The van der Waals surface area contributed by atoms with Gasteiger partial charge in [0, 0.05) is 105 Å². The number of piperidine rings is 4. The lowest BCUT2D eigenvalue weighted by Gasteiger charge is -2.36. The Balaban J connectivity index is 0.000000137. The molecule has 34 heteroatoms. The van der Waals surface area contributed by atoms with Crippen molar-refractivity contribution in [3.8, 4) is 91.3 Å². The summed E-state index contributed by atoms with van der Waals surface area (Å²) in [5.41, 5.74) is -0.750. The third kappa shape index (κ3) is 19.9. The van der Waals surface area contributed by atoms with Gasteiger partial charge in [0.25, 0.3) is 22.2 Å². The van der Waals surface area contributed by atoms with Gasteiger partial charge in [0.05, 0.1) is 83.0 Å². The molecule has 2 aliphatic carbocycles. The van der Waals surface area contributed by atoms with Crippen LogP contribution in [0.25, 0.3) is 87.7 Å². The van der Waals surface area contributed by atoms with Crippen LogP contribution in [0.2, 0.25) is 5.02 Å². The molecule has 0 amide bonds. The van der Waals surface area contributed by atoms with E-state index in [1.165, 1.54) is 179 Å². The minimum atomic E-state index is -1.07. The van der Waals surface area contributed by atoms with Crippen LogP contribution in [0, 0.1) is 121 Å². The Morgan fingerprint density at radius 2 is 0.659 bits per heavy atom. The molecule has 4 saturated heterocycles. The van der Waals surface area contributed by atoms with Gasteiger partial charge in [0.1, 0.15) is 63.2 Å². The number of ether oxygens (including phenoxy) is 4. The number of fused-ring (bicyclic) bond motifs is 2. The van der Waals surface area contributed by atoms with Gasteiger partial charge in [0.15, 0.2) is 57.9 Å². The number of benzene rings is 8. The molecule has 4 aliphatic heterocycles. The normalized spacial score (nSPS) is 16.9. The van der Waals surface area contributed by atoms with E-state index < -0.39 is 69.0 Å². The number of nitrogens with zero attached hydrogens (tertiary/aromatic N) is 16. The van der Waals surface area contributed by atoms with Gasteiger partial charge in [0.2, 0.25) is 28.6 Å². The minimum absolute atomic E-state index is 0.00757. The van der Waals surface area contributed by atoms with Crippen LogP contribution in [0.3, 0.4) is 0 Å². The predicted molar refractivity (Wildman–Crippen MR) is 498 cm³/mol. The molecule has 4 aromatic heterocycles. The Morgan fingerprint density at radius 3 is 1.03 bits per heavy atom. The molecular formula is C101H92ClF9N16O8. The summed E-state index contributed by atoms with van der Waals surface area (Å²) in [6.45, 7) is 40.1. The first-order valence-electron chi connectivity index (χ1n) is 44.0. The minimum Gasteiger partial charge on any atom is -0.494 e. The summed E-state index contributed by atoms with van der Waals surface area (Å²) in [5, 5.41) is -0.0946. The van der Waals surface area contributed by atoms with Crippen molar-refractivity contribution < 1.29 is 58.5 Å². The average Bonchev–Trinajstić information content (AvgIpc) is 1.58. The molecule has 135 heavy (non-hydrogen) atoms. The van der Waals surface area contributed by atoms with Crippen molar-refractivity contribution in [3.05, 3.63) is 302 Å². The average molecular weight is 1860 g/mol. The van der Waals surface area contributed by atoms with Crippen LogP contribution in [-0.4, -0.2) is 119 Å². The molecule has 18 rings (SSSR count). The van der Waals surface area contributed by atoms with Crippen LogP contribution in [0.15, 0.2) is 171 Å². The highest BCUT2D eigenvalue weighted by atomic mass is 35.5. The molecule has 694 valence electrons. The van der Waals surface area contributed by atoms with Crippen LogP contribution in [0.5, 0.6) is 23.0 Å². The number of aromatic nitrogens is 8. The molecule has 0 radical (unpaired) electrons. The molecule has 6 aliphatic rings. The maximum atomic E-state index is 15.3. The first-order chi connectivity index (χ1) is 65.0. The molecule has 0 bridgehead atoms. The van der Waals surface area contributed by atoms with Gasteiger partial charge >= 0.3 is 0 Å². The van der Waals surface area contributed by atoms with E-state index in [9.17, 15) is 54.3 Å². The number of rotatable bonds is 16. The Kier molecular flexibility index (Phi) is 29.0. The topological polar surface area (TPSA) is 207 Å². The van der Waals surface area contributed by atoms with Crippen LogP contribution in [-0.2, 0) is 0 Å². The molecule has 0 spiro atoms. The Hall–Kier alpha value is -14.7. The van der Waals surface area contributed by atoms with Gasteiger partial charge in [-0.25, -0.2) is 74.4 Å². The first kappa shape index (κ1) is 94.9. The molecular weight excluding hydrogens is 1770 g/mol. The fourth-order valence-electron chi connectivity index (χ4n) is 18.5. The zero-order valence-electron chi connectivity index (χ0n) is 74.7. The van der Waals surface area contributed by atoms with Crippen molar-refractivity contribution >= 4 is 57.6 Å². The molecule has 12 aromatic rings. The number of hydrogen-bond acceptors (Lipinski definition) is 16. The molecule has 4 unspecified atom stereocenters. The standard InChI is InChI=1S/C27H26F2N4O2.C26H24F2N4O2.C24H21ClF2N4O2.C24H21F3N4O2/c1-16-25(32-12-11-17-5-4-6-19(17)15-32)31-26(18-7-9-23(30-2)21(28)13-18)33(27(16)34)20-8-10-24(35-3)22(29)14-20;1-29-22-8-6-17(12-20(22)27)26-30-24(31-11-10-16-4-3-5-18(16)15-31)14-25(33)32(26)19-7-9-23(34-2)21(28)13-19;1-14-8-10-30(11-9-14)23-21(25)24(32)31(16-5-7-20(33-3)18(27)13-16)22(29-23)15-4-6-19(28-2)17(26)12-15;1-14-8-10-30(11-9-14)23-21(27)24(32)31(16-5-7-20(33-3)18(26)13-16)22(29-23)15-4-6-19(28-2)17(25)12-15/h7-10,13-14,17,19H,4-6,11-12,15H2,1,3H3;6-9,12-14,16,18H,3-5,10-11,15H2,2H3;2*4-7,12-14H,8-11H2,1,3H3. The number of anilines is 4. The van der Waals surface area contributed by atoms with Gasteiger partial charge < -0.3 is 38.5 Å². The Bertz CT molecular complexity index is 6810. The smallest absolute Gasteiger partial charge is 0.296 e. The van der Waals surface area contributed by atoms with Crippen LogP contribution < -0.4 is 60.8 Å². The first-order valence-corrected chi connectivity index (χ1v) is 44.4. The van der Waals surface area contributed by atoms with E-state index in [2.05, 4.69) is 53.0 Å². The van der Waals surface area contributed by atoms with E-state index in [0.717, 1.165) is 110 Å². The highest BCUT2D eigenvalue weighted by molar-refractivity contribution is 6.32. The van der Waals surface area contributed by atoms with Crippen molar-refractivity contribution in [1.82, 2.24) is 38.2 Å². The van der Waals surface area contributed by atoms with Crippen molar-refractivity contribution in [3.63, 3.8) is 0 Å². The summed E-state index contributed by atoms with van der Waals surface area (Å²) in [5.74, 6) is -1.24. The zero-order chi connectivity index (χ0) is 95.9. The lowest BCUT2D eigenvalue weighted by molar-refractivity contribution is 0.322. The maximum absolute atomic E-state index is 15.3. The molecule has 6 fully saturated rings. The van der Waals surface area contributed by atoms with E-state index in [1.54, 1.807) is 36.1 Å². The summed E-state index contributed by atoms with van der Waals surface area (Å²) in [6.07, 6.45) is 12.9. The highest BCUT2D eigenvalue weighted by Crippen LogP contribution is 2.44. The van der Waals surface area contributed by atoms with E-state index >= 15 is 4.39 Å². The van der Waals surface area contributed by atoms with Gasteiger partial charge in [-0.3, -0.25) is 37.4 Å². The molecule has 8 heterocycles. The largest absolute Gasteiger partial charge is 0.494 e. The third-order valence-electron chi connectivity index (χ3n) is 26.0. The zero-order valence-corrected chi connectivity index (χ0v) is 75.5. The van der Waals surface area contributed by atoms with Crippen LogP contribution in [0.4, 0.5) is 85.5 Å². The summed E-state index contributed by atoms with van der Waals surface area (Å²) in [4.78, 5) is 93.0. The van der Waals surface area contributed by atoms with E-state index in [-0.39, 0.29) is 119 Å². The van der Waals surface area contributed by atoms with Crippen LogP contribution in [0.1, 0.15) is 96.5 Å². The molecule has 24 nitrogen and oxygen atoms in total. The lowest BCUT2D eigenvalue weighted by Crippen LogP contribution is -2.41. The number of methoxy groups -OCH3 is 4. The summed E-state index contributed by atoms with van der Waals surface area (Å²) < 4.78 is 156. The summed E-state index contributed by atoms with van der Waals surface area (Å²) in [6, 6.07) is 33.6. The lowest BCUT2D eigenvalue weighted by atomic mass is 9.88. The Labute approximate surface area is 776 Å². The van der Waals surface area contributed by atoms with Crippen LogP contribution >= 0.6 is 11.6 Å². The van der Waals surface area contributed by atoms with E-state index in [1.807, 2.05) is 4.90 Å². The number of hydrogen-bond donors (Lipinski definition) is 0. The summed E-state index contributed by atoms with van der Waals surface area (Å²) in [7, 11) is 5.36. The van der Waals surface area contributed by atoms with Crippen molar-refractivity contribution in [2.75, 3.05) is 100 Å². The molecule has 0 N–H and O–H groups in total. The van der Waals surface area contributed by atoms with Gasteiger partial charge in [-0.15, -0.1) is 0 Å². The Morgan fingerprint density at radius 1 is 0.341 bits per heavy atom. The van der Waals surface area contributed by atoms with Gasteiger partial charge in [-0.1, -0.05) is 99.7 Å². The highest BCUT2D eigenvalue weighted by Gasteiger charge is 2.38. The fourth-order valence-corrected chi connectivity index (χ4v) is 18.7. The van der Waals surface area contributed by atoms with E-state index in [0.29, 0.717) is 84.0 Å². The summed E-state index contributed by atoms with van der Waals surface area (Å²) >= 11 is 6.48. The fraction of sp³-hybridized carbons (Fsp3) is 0.327. The monoisotopic (exact) mass is 1860 g/mol. The predicted octanol–water partition coefficient (Wildman–Crippen LogP) is 21.8. The second-order valence-corrected chi connectivity index (χ2v) is 34.5. The maximum Gasteiger partial charge on any atom is 0.296 e. The quantitative estimate of drug-likeness (QED) is 0.0651. The number of halogens is 10.